The SMILES string of the molecule is COC(=O)[C@@H]1COC(c2ccccc2-c2ccccc2C2=N[C@H](C(=O)OC)CO2)=N1. The monoisotopic (exact) mass is 408 g/mol. The lowest BCUT2D eigenvalue weighted by Crippen LogP contribution is -2.21. The number of nitrogens with zero attached hydrogens (tertiary/aromatic N) is 2. The van der Waals surface area contributed by atoms with Gasteiger partial charge in [-0.1, -0.05) is 36.4 Å². The van der Waals surface area contributed by atoms with Gasteiger partial charge in [0.15, 0.2) is 12.1 Å². The molecule has 0 aromatic heterocycles. The van der Waals surface area contributed by atoms with E-state index in [9.17, 15) is 9.59 Å². The molecule has 0 spiro atoms. The van der Waals surface area contributed by atoms with Crippen LogP contribution in [0.25, 0.3) is 11.1 Å². The van der Waals surface area contributed by atoms with Crippen molar-refractivity contribution in [1.29, 1.82) is 0 Å². The van der Waals surface area contributed by atoms with Gasteiger partial charge in [0, 0.05) is 11.1 Å². The summed E-state index contributed by atoms with van der Waals surface area (Å²) < 4.78 is 20.9. The minimum atomic E-state index is -0.684. The quantitative estimate of drug-likeness (QED) is 0.702. The van der Waals surface area contributed by atoms with Gasteiger partial charge in [-0.25, -0.2) is 19.6 Å². The van der Waals surface area contributed by atoms with Crippen LogP contribution in [0.5, 0.6) is 0 Å². The fourth-order valence-electron chi connectivity index (χ4n) is 3.36. The minimum Gasteiger partial charge on any atom is -0.475 e. The Bertz CT molecular complexity index is 962. The molecule has 2 heterocycles. The van der Waals surface area contributed by atoms with E-state index in [2.05, 4.69) is 9.98 Å². The average molecular weight is 408 g/mol. The standard InChI is InChI=1S/C22H20N2O6/c1-27-21(25)17-11-29-19(23-17)15-9-5-3-7-13(15)14-8-4-6-10-16(14)20-24-18(12-30-20)22(26)28-2/h3-10,17-18H,11-12H2,1-2H3/t17-,18-/m0/s1. The second-order valence-corrected chi connectivity index (χ2v) is 6.66. The molecule has 0 amide bonds. The summed E-state index contributed by atoms with van der Waals surface area (Å²) in [7, 11) is 2.65. The number of ether oxygens (including phenoxy) is 4. The zero-order chi connectivity index (χ0) is 21.1. The number of aliphatic imine (C=N–C) groups is 2. The molecule has 2 atom stereocenters. The van der Waals surface area contributed by atoms with Crippen LogP contribution in [0, 0.1) is 0 Å². The van der Waals surface area contributed by atoms with Crippen molar-refractivity contribution >= 4 is 23.7 Å². The first-order chi connectivity index (χ1) is 14.6. The predicted octanol–water partition coefficient (Wildman–Crippen LogP) is 1.99. The van der Waals surface area contributed by atoms with Crippen molar-refractivity contribution in [3.8, 4) is 11.1 Å². The largest absolute Gasteiger partial charge is 0.475 e. The van der Waals surface area contributed by atoms with Crippen molar-refractivity contribution in [2.24, 2.45) is 9.98 Å². The Morgan fingerprint density at radius 2 is 1.10 bits per heavy atom. The summed E-state index contributed by atoms with van der Waals surface area (Å²) in [5.41, 5.74) is 3.15. The molecule has 0 radical (unpaired) electrons. The first-order valence-corrected chi connectivity index (χ1v) is 9.38. The molecule has 2 aromatic carbocycles. The smallest absolute Gasteiger partial charge is 0.334 e. The Labute approximate surface area is 173 Å². The number of carbonyl (C=O) groups excluding carboxylic acids is 2. The Kier molecular flexibility index (Phi) is 5.47. The van der Waals surface area contributed by atoms with Crippen LogP contribution in [-0.2, 0) is 28.5 Å². The maximum Gasteiger partial charge on any atom is 0.334 e. The summed E-state index contributed by atoms with van der Waals surface area (Å²) in [6.07, 6.45) is 0. The number of carbonyl (C=O) groups is 2. The first-order valence-electron chi connectivity index (χ1n) is 9.38. The minimum absolute atomic E-state index is 0.134. The van der Waals surface area contributed by atoms with Crippen molar-refractivity contribution in [3.63, 3.8) is 0 Å². The van der Waals surface area contributed by atoms with Crippen molar-refractivity contribution in [2.75, 3.05) is 27.4 Å². The molecule has 0 saturated carbocycles. The van der Waals surface area contributed by atoms with E-state index >= 15 is 0 Å². The van der Waals surface area contributed by atoms with Crippen LogP contribution in [0.15, 0.2) is 58.5 Å². The van der Waals surface area contributed by atoms with Crippen molar-refractivity contribution < 1.29 is 28.5 Å². The number of hydrogen-bond donors (Lipinski definition) is 0. The van der Waals surface area contributed by atoms with Gasteiger partial charge in [-0.2, -0.15) is 0 Å². The van der Waals surface area contributed by atoms with Crippen molar-refractivity contribution in [2.45, 2.75) is 12.1 Å². The fourth-order valence-corrected chi connectivity index (χ4v) is 3.36. The van der Waals surface area contributed by atoms with Crippen LogP contribution in [-0.4, -0.2) is 63.3 Å². The lowest BCUT2D eigenvalue weighted by atomic mass is 9.95. The maximum atomic E-state index is 11.8. The molecule has 2 aliphatic heterocycles. The number of benzene rings is 2. The molecular formula is C22H20N2O6. The molecule has 8 heteroatoms. The zero-order valence-electron chi connectivity index (χ0n) is 16.5. The second-order valence-electron chi connectivity index (χ2n) is 6.66. The summed E-state index contributed by atoms with van der Waals surface area (Å²) in [4.78, 5) is 32.4. The van der Waals surface area contributed by atoms with Crippen LogP contribution in [0.3, 0.4) is 0 Å². The van der Waals surface area contributed by atoms with E-state index in [1.165, 1.54) is 14.2 Å². The molecule has 0 bridgehead atoms. The van der Waals surface area contributed by atoms with E-state index in [0.29, 0.717) is 11.8 Å². The Balaban J connectivity index is 1.74. The van der Waals surface area contributed by atoms with Crippen LogP contribution in [0.2, 0.25) is 0 Å². The van der Waals surface area contributed by atoms with E-state index in [1.54, 1.807) is 0 Å². The van der Waals surface area contributed by atoms with Gasteiger partial charge >= 0.3 is 11.9 Å². The van der Waals surface area contributed by atoms with Gasteiger partial charge < -0.3 is 18.9 Å². The van der Waals surface area contributed by atoms with E-state index in [4.69, 9.17) is 18.9 Å². The number of esters is 2. The summed E-state index contributed by atoms with van der Waals surface area (Å²) >= 11 is 0. The molecular weight excluding hydrogens is 388 g/mol. The normalized spacial score (nSPS) is 19.9. The Morgan fingerprint density at radius 3 is 1.47 bits per heavy atom. The molecule has 0 N–H and O–H groups in total. The van der Waals surface area contributed by atoms with E-state index < -0.39 is 24.0 Å². The molecule has 0 saturated heterocycles. The molecule has 8 nitrogen and oxygen atoms in total. The highest BCUT2D eigenvalue weighted by Crippen LogP contribution is 2.31. The molecule has 2 aliphatic rings. The molecule has 0 unspecified atom stereocenters. The summed E-state index contributed by atoms with van der Waals surface area (Å²) in [5, 5.41) is 0. The number of methoxy groups -OCH3 is 2. The van der Waals surface area contributed by atoms with Crippen LogP contribution >= 0.6 is 0 Å². The Morgan fingerprint density at radius 1 is 0.733 bits per heavy atom. The van der Waals surface area contributed by atoms with Crippen LogP contribution in [0.4, 0.5) is 0 Å². The summed E-state index contributed by atoms with van der Waals surface area (Å²) in [5.74, 6) is -0.133. The van der Waals surface area contributed by atoms with E-state index in [1.807, 2.05) is 48.5 Å². The molecule has 0 fully saturated rings. The van der Waals surface area contributed by atoms with Gasteiger partial charge in [-0.15, -0.1) is 0 Å². The van der Waals surface area contributed by atoms with Crippen LogP contribution < -0.4 is 0 Å². The molecule has 4 rings (SSSR count). The maximum absolute atomic E-state index is 11.8. The number of hydrogen-bond acceptors (Lipinski definition) is 8. The Hall–Kier alpha value is -3.68. The van der Waals surface area contributed by atoms with Gasteiger partial charge in [0.05, 0.1) is 14.2 Å². The summed E-state index contributed by atoms with van der Waals surface area (Å²) in [6, 6.07) is 13.8. The topological polar surface area (TPSA) is 95.8 Å². The highest BCUT2D eigenvalue weighted by atomic mass is 16.5. The van der Waals surface area contributed by atoms with Gasteiger partial charge in [0.1, 0.15) is 13.2 Å². The average Bonchev–Trinajstić information content (AvgIpc) is 3.48. The van der Waals surface area contributed by atoms with Gasteiger partial charge in [0.2, 0.25) is 11.8 Å². The van der Waals surface area contributed by atoms with Crippen molar-refractivity contribution in [1.82, 2.24) is 0 Å². The molecule has 154 valence electrons. The second kappa shape index (κ2) is 8.36. The van der Waals surface area contributed by atoms with Crippen molar-refractivity contribution in [3.05, 3.63) is 59.7 Å². The van der Waals surface area contributed by atoms with Gasteiger partial charge in [-0.05, 0) is 23.3 Å². The predicted molar refractivity (Wildman–Crippen MR) is 108 cm³/mol. The third-order valence-corrected chi connectivity index (χ3v) is 4.85. The third kappa shape index (κ3) is 3.63. The lowest BCUT2D eigenvalue weighted by molar-refractivity contribution is -0.143. The van der Waals surface area contributed by atoms with E-state index in [0.717, 1.165) is 22.3 Å². The third-order valence-electron chi connectivity index (χ3n) is 4.85. The zero-order valence-corrected chi connectivity index (χ0v) is 16.5. The fraction of sp³-hybridized carbons (Fsp3) is 0.273. The number of rotatable bonds is 5. The summed E-state index contributed by atoms with van der Waals surface area (Å²) in [6.45, 7) is 0.267. The highest BCUT2D eigenvalue weighted by Gasteiger charge is 2.31. The molecule has 30 heavy (non-hydrogen) atoms. The van der Waals surface area contributed by atoms with Crippen LogP contribution in [0.1, 0.15) is 11.1 Å². The lowest BCUT2D eigenvalue weighted by Gasteiger charge is -2.13. The first kappa shape index (κ1) is 19.6. The molecule has 2 aromatic rings. The highest BCUT2D eigenvalue weighted by molar-refractivity contribution is 6.08. The van der Waals surface area contributed by atoms with Gasteiger partial charge in [-0.3, -0.25) is 0 Å². The van der Waals surface area contributed by atoms with E-state index in [-0.39, 0.29) is 13.2 Å². The molecule has 0 aliphatic carbocycles. The van der Waals surface area contributed by atoms with Gasteiger partial charge in [0.25, 0.3) is 0 Å².